The van der Waals surface area contributed by atoms with Crippen molar-refractivity contribution in [2.24, 2.45) is 4.99 Å². The highest BCUT2D eigenvalue weighted by molar-refractivity contribution is 6.03. The summed E-state index contributed by atoms with van der Waals surface area (Å²) in [5.74, 6) is -0.341. The number of non-ortho nitro benzene ring substituents is 1. The van der Waals surface area contributed by atoms with Gasteiger partial charge in [-0.2, -0.15) is 0 Å². The van der Waals surface area contributed by atoms with Gasteiger partial charge in [-0.25, -0.2) is 4.79 Å². The van der Waals surface area contributed by atoms with E-state index in [0.717, 1.165) is 11.3 Å². The van der Waals surface area contributed by atoms with Crippen LogP contribution in [-0.2, 0) is 9.53 Å². The number of carbonyl (C=O) groups is 1. The van der Waals surface area contributed by atoms with E-state index in [1.54, 1.807) is 12.1 Å². The van der Waals surface area contributed by atoms with Gasteiger partial charge in [-0.05, 0) is 30.5 Å². The molecule has 18 heavy (non-hydrogen) atoms. The Labute approximate surface area is 103 Å². The molecule has 6 heteroatoms. The summed E-state index contributed by atoms with van der Waals surface area (Å²) in [7, 11) is 1.34. The smallest absolute Gasteiger partial charge is 0.330 e. The van der Waals surface area contributed by atoms with E-state index in [-0.39, 0.29) is 11.7 Å². The van der Waals surface area contributed by atoms with Crippen LogP contribution in [0.4, 0.5) is 5.69 Å². The Morgan fingerprint density at radius 2 is 2.11 bits per heavy atom. The van der Waals surface area contributed by atoms with Crippen molar-refractivity contribution in [1.29, 1.82) is 0 Å². The lowest BCUT2D eigenvalue weighted by Crippen LogP contribution is -2.16. The predicted octanol–water partition coefficient (Wildman–Crippen LogP) is 1.72. The van der Waals surface area contributed by atoms with Crippen LogP contribution in [0.25, 0.3) is 0 Å². The molecule has 6 nitrogen and oxygen atoms in total. The molecule has 0 fully saturated rings. The molecule has 0 saturated heterocycles. The van der Waals surface area contributed by atoms with E-state index < -0.39 is 11.0 Å². The number of nitro benzene ring substituents is 1. The first-order chi connectivity index (χ1) is 8.61. The molecule has 1 heterocycles. The summed E-state index contributed by atoms with van der Waals surface area (Å²) in [5, 5.41) is 10.5. The highest BCUT2D eigenvalue weighted by atomic mass is 16.6. The van der Waals surface area contributed by atoms with Gasteiger partial charge in [-0.15, -0.1) is 0 Å². The molecule has 94 valence electrons. The van der Waals surface area contributed by atoms with Crippen LogP contribution in [0.2, 0.25) is 0 Å². The molecule has 0 aromatic heterocycles. The highest BCUT2D eigenvalue weighted by Crippen LogP contribution is 2.21. The average molecular weight is 248 g/mol. The molecular weight excluding hydrogens is 236 g/mol. The number of carbonyl (C=O) groups excluding carboxylic acids is 1. The maximum Gasteiger partial charge on any atom is 0.330 e. The third kappa shape index (κ3) is 2.37. The fourth-order valence-electron chi connectivity index (χ4n) is 1.89. The van der Waals surface area contributed by atoms with E-state index >= 15 is 0 Å². The number of ether oxygens (including phenoxy) is 1. The zero-order chi connectivity index (χ0) is 13.1. The van der Waals surface area contributed by atoms with Gasteiger partial charge in [0.2, 0.25) is 0 Å². The van der Waals surface area contributed by atoms with E-state index in [9.17, 15) is 14.9 Å². The second-order valence-electron chi connectivity index (χ2n) is 3.96. The number of hydrogen-bond acceptors (Lipinski definition) is 5. The van der Waals surface area contributed by atoms with Crippen LogP contribution in [0.1, 0.15) is 18.4 Å². The lowest BCUT2D eigenvalue weighted by molar-refractivity contribution is -0.384. The summed E-state index contributed by atoms with van der Waals surface area (Å²) < 4.78 is 4.63. The zero-order valence-corrected chi connectivity index (χ0v) is 9.83. The van der Waals surface area contributed by atoms with Gasteiger partial charge >= 0.3 is 5.97 Å². The largest absolute Gasteiger partial charge is 0.467 e. The van der Waals surface area contributed by atoms with Gasteiger partial charge in [0.1, 0.15) is 6.04 Å². The van der Waals surface area contributed by atoms with Crippen molar-refractivity contribution in [2.75, 3.05) is 7.11 Å². The molecule has 1 atom stereocenters. The van der Waals surface area contributed by atoms with Gasteiger partial charge in [0, 0.05) is 17.8 Å². The fourth-order valence-corrected chi connectivity index (χ4v) is 1.89. The van der Waals surface area contributed by atoms with Crippen LogP contribution in [0.15, 0.2) is 29.3 Å². The van der Waals surface area contributed by atoms with Gasteiger partial charge in [0.05, 0.1) is 12.0 Å². The first-order valence-corrected chi connectivity index (χ1v) is 5.51. The molecular formula is C12H12N2O4. The lowest BCUT2D eigenvalue weighted by atomic mass is 10.1. The number of hydrogen-bond donors (Lipinski definition) is 0. The van der Waals surface area contributed by atoms with Crippen molar-refractivity contribution in [3.63, 3.8) is 0 Å². The summed E-state index contributed by atoms with van der Waals surface area (Å²) in [5.41, 5.74) is 1.65. The first-order valence-electron chi connectivity index (χ1n) is 5.51. The number of benzene rings is 1. The third-order valence-electron chi connectivity index (χ3n) is 2.85. The molecule has 2 rings (SSSR count). The molecule has 0 spiro atoms. The van der Waals surface area contributed by atoms with Gasteiger partial charge < -0.3 is 4.74 Å². The van der Waals surface area contributed by atoms with Crippen molar-refractivity contribution in [2.45, 2.75) is 18.9 Å². The van der Waals surface area contributed by atoms with Crippen LogP contribution >= 0.6 is 0 Å². The van der Waals surface area contributed by atoms with E-state index in [1.165, 1.54) is 19.2 Å². The second kappa shape index (κ2) is 4.95. The average Bonchev–Trinajstić information content (AvgIpc) is 2.87. The minimum atomic E-state index is -0.447. The maximum atomic E-state index is 11.3. The Morgan fingerprint density at radius 3 is 2.67 bits per heavy atom. The molecule has 1 aliphatic rings. The SMILES string of the molecule is COC(=O)[C@@H]1CCC(c2ccc([N+](=O)[O-])cc2)=N1. The Morgan fingerprint density at radius 1 is 1.44 bits per heavy atom. The monoisotopic (exact) mass is 248 g/mol. The molecule has 0 unspecified atom stereocenters. The Balaban J connectivity index is 2.18. The van der Waals surface area contributed by atoms with Gasteiger partial charge in [0.25, 0.3) is 5.69 Å². The molecule has 0 amide bonds. The lowest BCUT2D eigenvalue weighted by Gasteiger charge is -2.01. The third-order valence-corrected chi connectivity index (χ3v) is 2.85. The molecule has 0 aliphatic carbocycles. The van der Waals surface area contributed by atoms with Gasteiger partial charge in [-0.3, -0.25) is 15.1 Å². The predicted molar refractivity (Wildman–Crippen MR) is 64.7 cm³/mol. The Kier molecular flexibility index (Phi) is 3.36. The van der Waals surface area contributed by atoms with E-state index in [1.807, 2.05) is 0 Å². The minimum absolute atomic E-state index is 0.0434. The van der Waals surface area contributed by atoms with Crippen LogP contribution < -0.4 is 0 Å². The molecule has 0 saturated carbocycles. The van der Waals surface area contributed by atoms with Gasteiger partial charge in [0.15, 0.2) is 0 Å². The van der Waals surface area contributed by atoms with Crippen molar-refractivity contribution >= 4 is 17.4 Å². The first kappa shape index (κ1) is 12.2. The minimum Gasteiger partial charge on any atom is -0.467 e. The molecule has 1 aromatic carbocycles. The highest BCUT2D eigenvalue weighted by Gasteiger charge is 2.25. The van der Waals surface area contributed by atoms with Crippen LogP contribution in [0, 0.1) is 10.1 Å². The van der Waals surface area contributed by atoms with E-state index in [4.69, 9.17) is 0 Å². The van der Waals surface area contributed by atoms with Crippen molar-refractivity contribution in [3.8, 4) is 0 Å². The molecule has 1 aromatic rings. The molecule has 0 bridgehead atoms. The second-order valence-corrected chi connectivity index (χ2v) is 3.96. The van der Waals surface area contributed by atoms with Crippen molar-refractivity contribution in [1.82, 2.24) is 0 Å². The van der Waals surface area contributed by atoms with E-state index in [2.05, 4.69) is 9.73 Å². The topological polar surface area (TPSA) is 81.8 Å². The van der Waals surface area contributed by atoms with E-state index in [0.29, 0.717) is 12.8 Å². The normalized spacial score (nSPS) is 18.3. The van der Waals surface area contributed by atoms with Crippen molar-refractivity contribution in [3.05, 3.63) is 39.9 Å². The van der Waals surface area contributed by atoms with Crippen LogP contribution in [-0.4, -0.2) is 29.8 Å². The summed E-state index contributed by atoms with van der Waals surface area (Å²) in [6.07, 6.45) is 1.30. The number of esters is 1. The molecule has 1 aliphatic heterocycles. The summed E-state index contributed by atoms with van der Waals surface area (Å²) in [6, 6.07) is 5.72. The molecule has 0 radical (unpaired) electrons. The van der Waals surface area contributed by atoms with Crippen molar-refractivity contribution < 1.29 is 14.5 Å². The number of nitro groups is 1. The van der Waals surface area contributed by atoms with Crippen LogP contribution in [0.3, 0.4) is 0 Å². The maximum absolute atomic E-state index is 11.3. The quantitative estimate of drug-likeness (QED) is 0.463. The summed E-state index contributed by atoms with van der Waals surface area (Å²) >= 11 is 0. The number of rotatable bonds is 3. The summed E-state index contributed by atoms with van der Waals surface area (Å²) in [4.78, 5) is 25.7. The summed E-state index contributed by atoms with van der Waals surface area (Å²) in [6.45, 7) is 0. The standard InChI is InChI=1S/C12H12N2O4/c1-18-12(15)11-7-6-10(13-11)8-2-4-9(5-3-8)14(16)17/h2-5,11H,6-7H2,1H3/t11-/m0/s1. The Bertz CT molecular complexity index is 507. The number of aliphatic imine (C=N–C) groups is 1. The zero-order valence-electron chi connectivity index (χ0n) is 9.83. The fraction of sp³-hybridized carbons (Fsp3) is 0.333. The number of nitrogens with zero attached hydrogens (tertiary/aromatic N) is 2. The molecule has 0 N–H and O–H groups in total. The van der Waals surface area contributed by atoms with Crippen LogP contribution in [0.5, 0.6) is 0 Å². The Hall–Kier alpha value is -2.24. The van der Waals surface area contributed by atoms with Gasteiger partial charge in [-0.1, -0.05) is 0 Å². The number of methoxy groups -OCH3 is 1.